The number of methoxy groups -OCH3 is 1. The third-order valence-electron chi connectivity index (χ3n) is 2.52. The minimum Gasteiger partial charge on any atom is -0.370 e. The van der Waals surface area contributed by atoms with E-state index in [0.717, 1.165) is 12.2 Å². The largest absolute Gasteiger partial charge is 0.370 e. The Kier molecular flexibility index (Phi) is 7.82. The van der Waals surface area contributed by atoms with Crippen LogP contribution in [0.3, 0.4) is 0 Å². The molecular weight excluding hydrogens is 212 g/mol. The maximum absolute atomic E-state index is 11.8. The van der Waals surface area contributed by atoms with Gasteiger partial charge in [0.2, 0.25) is 0 Å². The molecule has 0 aliphatic carbocycles. The summed E-state index contributed by atoms with van der Waals surface area (Å²) in [7, 11) is 3.31. The van der Waals surface area contributed by atoms with Crippen LogP contribution in [0.25, 0.3) is 0 Å². The summed E-state index contributed by atoms with van der Waals surface area (Å²) < 4.78 is 5.02. The average molecular weight is 234 g/mol. The number of rotatable bonds is 7. The lowest BCUT2D eigenvalue weighted by Crippen LogP contribution is -2.45. The molecule has 2 atom stereocenters. The molecule has 0 aromatic rings. The lowest BCUT2D eigenvalue weighted by Gasteiger charge is -2.27. The Labute approximate surface area is 96.5 Å². The fraction of sp³-hybridized carbons (Fsp3) is 0.900. The molecule has 0 aromatic heterocycles. The predicted molar refractivity (Wildman–Crippen MR) is 65.1 cm³/mol. The van der Waals surface area contributed by atoms with Crippen molar-refractivity contribution in [2.24, 2.45) is 5.73 Å². The highest BCUT2D eigenvalue weighted by Crippen LogP contribution is 2.08. The average Bonchev–Trinajstić information content (AvgIpc) is 2.26. The van der Waals surface area contributed by atoms with E-state index >= 15 is 0 Å². The van der Waals surface area contributed by atoms with E-state index < -0.39 is 6.10 Å². The fourth-order valence-corrected chi connectivity index (χ4v) is 1.80. The molecule has 2 N–H and O–H groups in total. The highest BCUT2D eigenvalue weighted by molar-refractivity contribution is 7.98. The van der Waals surface area contributed by atoms with Crippen LogP contribution in [0.4, 0.5) is 0 Å². The molecule has 0 rings (SSSR count). The molecule has 1 amide bonds. The molecule has 0 radical (unpaired) electrons. The molecule has 90 valence electrons. The van der Waals surface area contributed by atoms with Gasteiger partial charge in [-0.25, -0.2) is 0 Å². The van der Waals surface area contributed by atoms with Gasteiger partial charge in [0.1, 0.15) is 6.10 Å². The third kappa shape index (κ3) is 4.86. The van der Waals surface area contributed by atoms with Gasteiger partial charge in [-0.3, -0.25) is 4.79 Å². The van der Waals surface area contributed by atoms with Crippen LogP contribution >= 0.6 is 11.8 Å². The van der Waals surface area contributed by atoms with Crippen molar-refractivity contribution in [3.05, 3.63) is 0 Å². The smallest absolute Gasteiger partial charge is 0.252 e. The van der Waals surface area contributed by atoms with Gasteiger partial charge in [-0.15, -0.1) is 0 Å². The number of carbonyl (C=O) groups is 1. The lowest BCUT2D eigenvalue weighted by molar-refractivity contribution is -0.141. The van der Waals surface area contributed by atoms with Crippen molar-refractivity contribution in [2.45, 2.75) is 25.5 Å². The number of nitrogens with zero attached hydrogens (tertiary/aromatic N) is 1. The summed E-state index contributed by atoms with van der Waals surface area (Å²) in [5.74, 6) is 1.02. The Morgan fingerprint density at radius 1 is 1.60 bits per heavy atom. The Morgan fingerprint density at radius 2 is 2.20 bits per heavy atom. The van der Waals surface area contributed by atoms with Crippen molar-refractivity contribution < 1.29 is 9.53 Å². The summed E-state index contributed by atoms with van der Waals surface area (Å²) >= 11 is 1.79. The van der Waals surface area contributed by atoms with Crippen LogP contribution < -0.4 is 5.73 Å². The zero-order valence-corrected chi connectivity index (χ0v) is 10.8. The minimum absolute atomic E-state index is 0.0337. The molecule has 2 unspecified atom stereocenters. The molecule has 15 heavy (non-hydrogen) atoms. The number of amides is 1. The first-order valence-electron chi connectivity index (χ1n) is 5.06. The summed E-state index contributed by atoms with van der Waals surface area (Å²) in [6.45, 7) is 2.27. The summed E-state index contributed by atoms with van der Waals surface area (Å²) in [5.41, 5.74) is 5.45. The number of thioether (sulfide) groups is 1. The van der Waals surface area contributed by atoms with Crippen LogP contribution in [0.1, 0.15) is 13.3 Å². The zero-order valence-electron chi connectivity index (χ0n) is 10.0. The molecule has 0 saturated heterocycles. The Bertz CT molecular complexity index is 186. The summed E-state index contributed by atoms with van der Waals surface area (Å²) in [6.07, 6.45) is 2.54. The first-order chi connectivity index (χ1) is 7.08. The molecule has 4 nitrogen and oxygen atoms in total. The van der Waals surface area contributed by atoms with Crippen LogP contribution in [-0.4, -0.2) is 55.7 Å². The topological polar surface area (TPSA) is 55.6 Å². The molecule has 0 heterocycles. The van der Waals surface area contributed by atoms with Crippen molar-refractivity contribution in [1.82, 2.24) is 4.90 Å². The number of carbonyl (C=O) groups excluding carboxylic acids is 1. The van der Waals surface area contributed by atoms with Crippen molar-refractivity contribution in [3.8, 4) is 0 Å². The Balaban J connectivity index is 4.16. The van der Waals surface area contributed by atoms with E-state index in [-0.39, 0.29) is 18.5 Å². The monoisotopic (exact) mass is 234 g/mol. The van der Waals surface area contributed by atoms with E-state index in [4.69, 9.17) is 10.5 Å². The molecule has 0 saturated carbocycles. The van der Waals surface area contributed by atoms with Gasteiger partial charge < -0.3 is 15.4 Å². The molecular formula is C10H22N2O2S. The SMILES string of the molecule is COC(CN)C(=O)N(C)C(C)CCSC. The minimum atomic E-state index is -0.508. The second kappa shape index (κ2) is 7.96. The fourth-order valence-electron chi connectivity index (χ4n) is 1.22. The van der Waals surface area contributed by atoms with Crippen LogP contribution in [0, 0.1) is 0 Å². The number of likely N-dealkylation sites (N-methyl/N-ethyl adjacent to an activating group) is 1. The Morgan fingerprint density at radius 3 is 2.60 bits per heavy atom. The van der Waals surface area contributed by atoms with E-state index in [1.165, 1.54) is 7.11 Å². The van der Waals surface area contributed by atoms with Crippen LogP contribution in [0.2, 0.25) is 0 Å². The first-order valence-corrected chi connectivity index (χ1v) is 6.46. The summed E-state index contributed by atoms with van der Waals surface area (Å²) in [4.78, 5) is 13.5. The van der Waals surface area contributed by atoms with Gasteiger partial charge in [0.25, 0.3) is 5.91 Å². The van der Waals surface area contributed by atoms with E-state index in [2.05, 4.69) is 6.26 Å². The molecule has 0 bridgehead atoms. The van der Waals surface area contributed by atoms with Gasteiger partial charge in [0.05, 0.1) is 0 Å². The molecule has 0 spiro atoms. The van der Waals surface area contributed by atoms with Gasteiger partial charge in [-0.2, -0.15) is 11.8 Å². The Hall–Kier alpha value is -0.260. The molecule has 0 aromatic carbocycles. The van der Waals surface area contributed by atoms with Crippen LogP contribution in [-0.2, 0) is 9.53 Å². The number of hydrogen-bond donors (Lipinski definition) is 1. The van der Waals surface area contributed by atoms with Crippen LogP contribution in [0.5, 0.6) is 0 Å². The maximum Gasteiger partial charge on any atom is 0.252 e. The number of ether oxygens (including phenoxy) is 1. The molecule has 0 aliphatic heterocycles. The van der Waals surface area contributed by atoms with Crippen molar-refractivity contribution in [2.75, 3.05) is 32.7 Å². The zero-order chi connectivity index (χ0) is 11.8. The number of nitrogens with two attached hydrogens (primary N) is 1. The lowest BCUT2D eigenvalue weighted by atomic mass is 10.2. The van der Waals surface area contributed by atoms with E-state index in [9.17, 15) is 4.79 Å². The second-order valence-corrected chi connectivity index (χ2v) is 4.53. The van der Waals surface area contributed by atoms with Crippen LogP contribution in [0.15, 0.2) is 0 Å². The quantitative estimate of drug-likeness (QED) is 0.699. The van der Waals surface area contributed by atoms with E-state index in [1.807, 2.05) is 6.92 Å². The van der Waals surface area contributed by atoms with Crippen molar-refractivity contribution >= 4 is 17.7 Å². The third-order valence-corrected chi connectivity index (χ3v) is 3.17. The van der Waals surface area contributed by atoms with Gasteiger partial charge in [0, 0.05) is 26.7 Å². The second-order valence-electron chi connectivity index (χ2n) is 3.54. The van der Waals surface area contributed by atoms with Crippen molar-refractivity contribution in [3.63, 3.8) is 0 Å². The van der Waals surface area contributed by atoms with E-state index in [0.29, 0.717) is 0 Å². The summed E-state index contributed by atoms with van der Waals surface area (Å²) in [5, 5.41) is 0. The van der Waals surface area contributed by atoms with Gasteiger partial charge in [-0.1, -0.05) is 0 Å². The van der Waals surface area contributed by atoms with Gasteiger partial charge >= 0.3 is 0 Å². The molecule has 0 aliphatic rings. The van der Waals surface area contributed by atoms with Crippen molar-refractivity contribution in [1.29, 1.82) is 0 Å². The van der Waals surface area contributed by atoms with E-state index in [1.54, 1.807) is 23.7 Å². The molecule has 0 fully saturated rings. The highest BCUT2D eigenvalue weighted by atomic mass is 32.2. The van der Waals surface area contributed by atoms with Gasteiger partial charge in [-0.05, 0) is 25.4 Å². The summed E-state index contributed by atoms with van der Waals surface area (Å²) in [6, 6.07) is 0.231. The maximum atomic E-state index is 11.8. The normalized spacial score (nSPS) is 14.7. The first kappa shape index (κ1) is 14.7. The molecule has 5 heteroatoms. The van der Waals surface area contributed by atoms with Gasteiger partial charge in [0.15, 0.2) is 0 Å². The predicted octanol–water partition coefficient (Wildman–Crippen LogP) is 0.560. The standard InChI is InChI=1S/C10H22N2O2S/c1-8(5-6-15-4)12(2)10(13)9(7-11)14-3/h8-9H,5-7,11H2,1-4H3. The number of hydrogen-bond acceptors (Lipinski definition) is 4. The highest BCUT2D eigenvalue weighted by Gasteiger charge is 2.23.